The number of rotatable bonds is 1. The number of anilines is 2. The molecule has 0 saturated carbocycles. The Kier molecular flexibility index (Phi) is 8.61. The molecule has 126 valence electrons. The quantitative estimate of drug-likeness (QED) is 0.573. The van der Waals surface area contributed by atoms with Gasteiger partial charge in [-0.3, -0.25) is 10.3 Å². The molecule has 0 fully saturated rings. The third-order valence-corrected chi connectivity index (χ3v) is 2.92. The lowest BCUT2D eigenvalue weighted by molar-refractivity contribution is 0.111. The lowest BCUT2D eigenvalue weighted by Crippen LogP contribution is -2.36. The van der Waals surface area contributed by atoms with Gasteiger partial charge >= 0.3 is 0 Å². The number of fused-ring (bicyclic) bond motifs is 1. The summed E-state index contributed by atoms with van der Waals surface area (Å²) in [5.41, 5.74) is 3.08. The SMILES string of the molecule is CC.CC.CNc1ccc2c(c1)N(C(=N)OC(C)(C)C)CC2. The van der Waals surface area contributed by atoms with E-state index in [1.807, 2.05) is 60.4 Å². The number of ether oxygens (including phenoxy) is 1. The first-order valence-corrected chi connectivity index (χ1v) is 8.26. The number of hydrogen-bond acceptors (Lipinski definition) is 3. The highest BCUT2D eigenvalue weighted by Crippen LogP contribution is 2.31. The Hall–Kier alpha value is -1.71. The molecular formula is C18H33N3O. The maximum atomic E-state index is 8.08. The van der Waals surface area contributed by atoms with Crippen LogP contribution >= 0.6 is 0 Å². The first kappa shape index (κ1) is 20.3. The molecule has 4 nitrogen and oxygen atoms in total. The Bertz CT molecular complexity index is 464. The van der Waals surface area contributed by atoms with Crippen LogP contribution in [0.25, 0.3) is 0 Å². The van der Waals surface area contributed by atoms with Crippen molar-refractivity contribution in [2.24, 2.45) is 0 Å². The van der Waals surface area contributed by atoms with E-state index in [0.29, 0.717) is 0 Å². The minimum absolute atomic E-state index is 0.231. The van der Waals surface area contributed by atoms with Crippen molar-refractivity contribution in [1.82, 2.24) is 0 Å². The molecule has 0 radical (unpaired) electrons. The van der Waals surface area contributed by atoms with E-state index in [4.69, 9.17) is 10.1 Å². The summed E-state index contributed by atoms with van der Waals surface area (Å²) in [5.74, 6) is 0. The van der Waals surface area contributed by atoms with Crippen LogP contribution in [0.3, 0.4) is 0 Å². The van der Waals surface area contributed by atoms with Crippen molar-refractivity contribution in [1.29, 1.82) is 5.41 Å². The van der Waals surface area contributed by atoms with Gasteiger partial charge in [-0.25, -0.2) is 0 Å². The second kappa shape index (κ2) is 9.34. The van der Waals surface area contributed by atoms with Crippen LogP contribution in [0.1, 0.15) is 54.0 Å². The predicted molar refractivity (Wildman–Crippen MR) is 98.3 cm³/mol. The van der Waals surface area contributed by atoms with E-state index in [9.17, 15) is 0 Å². The Morgan fingerprint density at radius 3 is 2.27 bits per heavy atom. The van der Waals surface area contributed by atoms with Crippen molar-refractivity contribution in [3.8, 4) is 0 Å². The number of benzene rings is 1. The number of hydrogen-bond donors (Lipinski definition) is 2. The molecule has 0 saturated heterocycles. The minimum Gasteiger partial charge on any atom is -0.459 e. The van der Waals surface area contributed by atoms with E-state index in [1.165, 1.54) is 5.56 Å². The van der Waals surface area contributed by atoms with Crippen LogP contribution < -0.4 is 10.2 Å². The second-order valence-corrected chi connectivity index (χ2v) is 5.51. The lowest BCUT2D eigenvalue weighted by Gasteiger charge is -2.27. The standard InChI is InChI=1S/C14H21N3O.2C2H6/c1-14(2,3)18-13(15)17-8-7-10-5-6-11(16-4)9-12(10)17;2*1-2/h5-6,9,15-16H,7-8H2,1-4H3;2*1-2H3. The first-order valence-electron chi connectivity index (χ1n) is 8.26. The largest absolute Gasteiger partial charge is 0.459 e. The molecule has 0 spiro atoms. The average Bonchev–Trinajstić information content (AvgIpc) is 2.92. The van der Waals surface area contributed by atoms with Gasteiger partial charge in [0, 0.05) is 19.3 Å². The fraction of sp³-hybridized carbons (Fsp3) is 0.611. The van der Waals surface area contributed by atoms with E-state index in [0.717, 1.165) is 24.3 Å². The highest BCUT2D eigenvalue weighted by atomic mass is 16.5. The summed E-state index contributed by atoms with van der Waals surface area (Å²) in [6.07, 6.45) is 0.967. The molecule has 2 N–H and O–H groups in total. The van der Waals surface area contributed by atoms with Gasteiger partial charge in [-0.1, -0.05) is 33.8 Å². The number of nitrogens with zero attached hydrogens (tertiary/aromatic N) is 1. The molecule has 0 unspecified atom stereocenters. The Morgan fingerprint density at radius 2 is 1.77 bits per heavy atom. The molecule has 1 heterocycles. The van der Waals surface area contributed by atoms with Crippen LogP contribution in [0.4, 0.5) is 11.4 Å². The van der Waals surface area contributed by atoms with Gasteiger partial charge in [0.15, 0.2) is 0 Å². The number of amidine groups is 1. The topological polar surface area (TPSA) is 48.4 Å². The van der Waals surface area contributed by atoms with Crippen molar-refractivity contribution >= 4 is 17.4 Å². The Morgan fingerprint density at radius 1 is 1.18 bits per heavy atom. The van der Waals surface area contributed by atoms with E-state index < -0.39 is 0 Å². The molecule has 0 atom stereocenters. The van der Waals surface area contributed by atoms with Crippen LogP contribution in [0.2, 0.25) is 0 Å². The van der Waals surface area contributed by atoms with Crippen molar-refractivity contribution in [2.45, 2.75) is 60.5 Å². The fourth-order valence-corrected chi connectivity index (χ4v) is 2.09. The van der Waals surface area contributed by atoms with E-state index in [-0.39, 0.29) is 11.6 Å². The molecule has 4 heteroatoms. The molecule has 1 aliphatic rings. The van der Waals surface area contributed by atoms with Crippen molar-refractivity contribution < 1.29 is 4.74 Å². The molecule has 22 heavy (non-hydrogen) atoms. The third-order valence-electron chi connectivity index (χ3n) is 2.92. The predicted octanol–water partition coefficient (Wildman–Crippen LogP) is 4.89. The summed E-state index contributed by atoms with van der Waals surface area (Å²) in [6, 6.07) is 6.49. The first-order chi connectivity index (χ1) is 10.4. The van der Waals surface area contributed by atoms with Crippen LogP contribution in [-0.4, -0.2) is 25.2 Å². The smallest absolute Gasteiger partial charge is 0.289 e. The molecule has 1 aromatic rings. The van der Waals surface area contributed by atoms with Gasteiger partial charge in [-0.15, -0.1) is 0 Å². The maximum absolute atomic E-state index is 8.08. The zero-order valence-electron chi connectivity index (χ0n) is 15.5. The molecule has 0 bridgehead atoms. The zero-order chi connectivity index (χ0) is 17.3. The lowest BCUT2D eigenvalue weighted by atomic mass is 10.1. The van der Waals surface area contributed by atoms with E-state index in [1.54, 1.807) is 0 Å². The van der Waals surface area contributed by atoms with Gasteiger partial charge in [0.1, 0.15) is 5.60 Å². The van der Waals surface area contributed by atoms with Gasteiger partial charge in [0.05, 0.1) is 5.69 Å². The molecular weight excluding hydrogens is 274 g/mol. The third kappa shape index (κ3) is 5.58. The number of nitrogens with one attached hydrogen (secondary N) is 2. The highest BCUT2D eigenvalue weighted by Gasteiger charge is 2.26. The van der Waals surface area contributed by atoms with Crippen molar-refractivity contribution in [3.63, 3.8) is 0 Å². The second-order valence-electron chi connectivity index (χ2n) is 5.51. The maximum Gasteiger partial charge on any atom is 0.289 e. The summed E-state index contributed by atoms with van der Waals surface area (Å²) in [4.78, 5) is 1.93. The summed E-state index contributed by atoms with van der Waals surface area (Å²) in [6.45, 7) is 14.7. The molecule has 0 aliphatic carbocycles. The minimum atomic E-state index is -0.333. The molecule has 0 aromatic heterocycles. The highest BCUT2D eigenvalue weighted by molar-refractivity contribution is 5.92. The van der Waals surface area contributed by atoms with Crippen molar-refractivity contribution in [3.05, 3.63) is 23.8 Å². The van der Waals surface area contributed by atoms with Crippen molar-refractivity contribution in [2.75, 3.05) is 23.8 Å². The van der Waals surface area contributed by atoms with Gasteiger partial charge in [0.25, 0.3) is 6.02 Å². The molecule has 0 amide bonds. The summed E-state index contributed by atoms with van der Waals surface area (Å²) in [7, 11) is 1.90. The van der Waals surface area contributed by atoms with Crippen LogP contribution in [-0.2, 0) is 11.2 Å². The normalized spacial score (nSPS) is 12.3. The average molecular weight is 307 g/mol. The molecule has 1 aromatic carbocycles. The Balaban J connectivity index is 0.00000102. The monoisotopic (exact) mass is 307 g/mol. The zero-order valence-corrected chi connectivity index (χ0v) is 15.5. The van der Waals surface area contributed by atoms with Gasteiger partial charge < -0.3 is 10.1 Å². The van der Waals surface area contributed by atoms with Crippen LogP contribution in [0.5, 0.6) is 0 Å². The van der Waals surface area contributed by atoms with Gasteiger partial charge in [0.2, 0.25) is 0 Å². The fourth-order valence-electron chi connectivity index (χ4n) is 2.09. The van der Waals surface area contributed by atoms with E-state index in [2.05, 4.69) is 23.5 Å². The molecule has 1 aliphatic heterocycles. The molecule has 2 rings (SSSR count). The summed E-state index contributed by atoms with van der Waals surface area (Å²) in [5, 5.41) is 11.2. The van der Waals surface area contributed by atoms with Gasteiger partial charge in [-0.2, -0.15) is 0 Å². The van der Waals surface area contributed by atoms with E-state index >= 15 is 0 Å². The van der Waals surface area contributed by atoms with Gasteiger partial charge in [-0.05, 0) is 44.9 Å². The van der Waals surface area contributed by atoms with Crippen LogP contribution in [0, 0.1) is 5.41 Å². The summed E-state index contributed by atoms with van der Waals surface area (Å²) < 4.78 is 5.64. The summed E-state index contributed by atoms with van der Waals surface area (Å²) >= 11 is 0. The Labute approximate surface area is 136 Å². The van der Waals surface area contributed by atoms with Crippen LogP contribution in [0.15, 0.2) is 18.2 Å².